The van der Waals surface area contributed by atoms with Crippen molar-refractivity contribution in [2.75, 3.05) is 19.5 Å². The summed E-state index contributed by atoms with van der Waals surface area (Å²) >= 11 is 1.77. The van der Waals surface area contributed by atoms with E-state index >= 15 is 0 Å². The van der Waals surface area contributed by atoms with Crippen molar-refractivity contribution in [1.82, 2.24) is 0 Å². The highest BCUT2D eigenvalue weighted by atomic mass is 32.2. The quantitative estimate of drug-likeness (QED) is 0.756. The Kier molecular flexibility index (Phi) is 5.21. The van der Waals surface area contributed by atoms with Crippen LogP contribution in [0.2, 0.25) is 0 Å². The summed E-state index contributed by atoms with van der Waals surface area (Å²) in [6, 6.07) is 6.97. The molecule has 0 aliphatic carbocycles. The summed E-state index contributed by atoms with van der Waals surface area (Å²) in [7, 11) is 1.68. The van der Waals surface area contributed by atoms with E-state index in [1.807, 2.05) is 12.1 Å². The standard InChI is InChI=1S/C11H14O3S/c1-14-6-7-15-8-9-2-4-10(5-3-9)11(12)13/h2-5H,6-8H2,1H3,(H,12,13). The summed E-state index contributed by atoms with van der Waals surface area (Å²) in [5.41, 5.74) is 1.47. The lowest BCUT2D eigenvalue weighted by atomic mass is 10.1. The Labute approximate surface area is 93.4 Å². The van der Waals surface area contributed by atoms with Crippen LogP contribution in [0.5, 0.6) is 0 Å². The van der Waals surface area contributed by atoms with E-state index in [1.165, 1.54) is 0 Å². The first kappa shape index (κ1) is 12.1. The highest BCUT2D eigenvalue weighted by Gasteiger charge is 2.01. The summed E-state index contributed by atoms with van der Waals surface area (Å²) in [6.07, 6.45) is 0. The molecule has 0 unspecified atom stereocenters. The second-order valence-corrected chi connectivity index (χ2v) is 4.15. The van der Waals surface area contributed by atoms with Crippen molar-refractivity contribution in [3.8, 4) is 0 Å². The third kappa shape index (κ3) is 4.36. The Hall–Kier alpha value is -1.00. The van der Waals surface area contributed by atoms with Gasteiger partial charge in [-0.2, -0.15) is 11.8 Å². The Morgan fingerprint density at radius 2 is 2.07 bits per heavy atom. The van der Waals surface area contributed by atoms with E-state index in [0.717, 1.165) is 23.7 Å². The van der Waals surface area contributed by atoms with Gasteiger partial charge in [-0.3, -0.25) is 0 Å². The Bertz CT molecular complexity index is 308. The SMILES string of the molecule is COCCSCc1ccc(C(=O)O)cc1. The van der Waals surface area contributed by atoms with Gasteiger partial charge >= 0.3 is 5.97 Å². The molecule has 0 saturated carbocycles. The zero-order chi connectivity index (χ0) is 11.1. The molecule has 82 valence electrons. The molecule has 0 radical (unpaired) electrons. The summed E-state index contributed by atoms with van der Waals surface area (Å²) in [4.78, 5) is 10.6. The molecule has 0 bridgehead atoms. The van der Waals surface area contributed by atoms with Gasteiger partial charge in [0.25, 0.3) is 0 Å². The largest absolute Gasteiger partial charge is 0.478 e. The lowest BCUT2D eigenvalue weighted by Gasteiger charge is -2.01. The number of benzene rings is 1. The van der Waals surface area contributed by atoms with Crippen LogP contribution in [0.4, 0.5) is 0 Å². The summed E-state index contributed by atoms with van der Waals surface area (Å²) in [5.74, 6) is 0.967. The monoisotopic (exact) mass is 226 g/mol. The molecule has 0 fully saturated rings. The van der Waals surface area contributed by atoms with Crippen molar-refractivity contribution >= 4 is 17.7 Å². The van der Waals surface area contributed by atoms with Crippen LogP contribution in [-0.2, 0) is 10.5 Å². The maximum Gasteiger partial charge on any atom is 0.335 e. The summed E-state index contributed by atoms with van der Waals surface area (Å²) in [6.45, 7) is 0.748. The second kappa shape index (κ2) is 6.48. The number of carbonyl (C=O) groups is 1. The number of aromatic carboxylic acids is 1. The Morgan fingerprint density at radius 1 is 1.40 bits per heavy atom. The minimum Gasteiger partial charge on any atom is -0.478 e. The molecule has 0 spiro atoms. The van der Waals surface area contributed by atoms with Gasteiger partial charge in [0.15, 0.2) is 0 Å². The highest BCUT2D eigenvalue weighted by molar-refractivity contribution is 7.98. The predicted octanol–water partition coefficient (Wildman–Crippen LogP) is 2.26. The molecule has 0 aromatic heterocycles. The molecule has 4 heteroatoms. The maximum atomic E-state index is 10.6. The van der Waals surface area contributed by atoms with Crippen LogP contribution in [0, 0.1) is 0 Å². The average molecular weight is 226 g/mol. The number of carboxylic acids is 1. The minimum atomic E-state index is -0.881. The number of carboxylic acid groups (broad SMARTS) is 1. The van der Waals surface area contributed by atoms with E-state index in [9.17, 15) is 4.79 Å². The zero-order valence-electron chi connectivity index (χ0n) is 8.60. The number of ether oxygens (including phenoxy) is 1. The van der Waals surface area contributed by atoms with Crippen molar-refractivity contribution in [3.63, 3.8) is 0 Å². The van der Waals surface area contributed by atoms with Gasteiger partial charge in [0.2, 0.25) is 0 Å². The fourth-order valence-electron chi connectivity index (χ4n) is 1.08. The third-order valence-corrected chi connectivity index (χ3v) is 2.89. The van der Waals surface area contributed by atoms with Crippen LogP contribution in [0.25, 0.3) is 0 Å². The molecule has 1 aromatic carbocycles. The number of methoxy groups -OCH3 is 1. The molecule has 0 amide bonds. The summed E-state index contributed by atoms with van der Waals surface area (Å²) in [5, 5.41) is 8.70. The van der Waals surface area contributed by atoms with Crippen molar-refractivity contribution in [3.05, 3.63) is 35.4 Å². The van der Waals surface area contributed by atoms with Crippen LogP contribution in [0.15, 0.2) is 24.3 Å². The van der Waals surface area contributed by atoms with E-state index in [2.05, 4.69) is 0 Å². The maximum absolute atomic E-state index is 10.6. The predicted molar refractivity (Wildman–Crippen MR) is 61.4 cm³/mol. The Morgan fingerprint density at radius 3 is 2.60 bits per heavy atom. The van der Waals surface area contributed by atoms with E-state index in [4.69, 9.17) is 9.84 Å². The molecule has 0 atom stereocenters. The van der Waals surface area contributed by atoms with Crippen LogP contribution >= 0.6 is 11.8 Å². The lowest BCUT2D eigenvalue weighted by molar-refractivity contribution is 0.0697. The smallest absolute Gasteiger partial charge is 0.335 e. The van der Waals surface area contributed by atoms with E-state index in [-0.39, 0.29) is 0 Å². The Balaban J connectivity index is 2.39. The molecule has 1 aromatic rings. The summed E-state index contributed by atoms with van der Waals surface area (Å²) < 4.78 is 4.93. The third-order valence-electron chi connectivity index (χ3n) is 1.90. The van der Waals surface area contributed by atoms with Gasteiger partial charge in [-0.15, -0.1) is 0 Å². The van der Waals surface area contributed by atoms with Gasteiger partial charge in [-0.05, 0) is 17.7 Å². The van der Waals surface area contributed by atoms with Gasteiger partial charge in [0.1, 0.15) is 0 Å². The molecule has 0 aliphatic heterocycles. The topological polar surface area (TPSA) is 46.5 Å². The number of rotatable bonds is 6. The molecule has 1 rings (SSSR count). The number of thioether (sulfide) groups is 1. The van der Waals surface area contributed by atoms with Crippen LogP contribution in [-0.4, -0.2) is 30.5 Å². The first-order chi connectivity index (χ1) is 7.24. The van der Waals surface area contributed by atoms with Crippen LogP contribution in [0.1, 0.15) is 15.9 Å². The van der Waals surface area contributed by atoms with Gasteiger partial charge in [-0.25, -0.2) is 4.79 Å². The van der Waals surface area contributed by atoms with Crippen LogP contribution < -0.4 is 0 Å². The fourth-order valence-corrected chi connectivity index (χ4v) is 1.93. The van der Waals surface area contributed by atoms with Gasteiger partial charge < -0.3 is 9.84 Å². The van der Waals surface area contributed by atoms with Crippen molar-refractivity contribution in [1.29, 1.82) is 0 Å². The molecule has 0 aliphatic rings. The number of hydrogen-bond donors (Lipinski definition) is 1. The highest BCUT2D eigenvalue weighted by Crippen LogP contribution is 2.12. The van der Waals surface area contributed by atoms with Crippen molar-refractivity contribution < 1.29 is 14.6 Å². The van der Waals surface area contributed by atoms with Gasteiger partial charge in [-0.1, -0.05) is 12.1 Å². The van der Waals surface area contributed by atoms with Crippen molar-refractivity contribution in [2.24, 2.45) is 0 Å². The molecule has 1 N–H and O–H groups in total. The van der Waals surface area contributed by atoms with E-state index in [0.29, 0.717) is 5.56 Å². The molecular weight excluding hydrogens is 212 g/mol. The van der Waals surface area contributed by atoms with Crippen LogP contribution in [0.3, 0.4) is 0 Å². The molecular formula is C11H14O3S. The number of hydrogen-bond acceptors (Lipinski definition) is 3. The first-order valence-corrected chi connectivity index (χ1v) is 5.78. The van der Waals surface area contributed by atoms with Gasteiger partial charge in [0.05, 0.1) is 12.2 Å². The normalized spacial score (nSPS) is 10.2. The molecule has 0 saturated heterocycles. The van der Waals surface area contributed by atoms with Gasteiger partial charge in [0, 0.05) is 18.6 Å². The fraction of sp³-hybridized carbons (Fsp3) is 0.364. The van der Waals surface area contributed by atoms with E-state index < -0.39 is 5.97 Å². The molecule has 0 heterocycles. The molecule has 15 heavy (non-hydrogen) atoms. The van der Waals surface area contributed by atoms with Crippen molar-refractivity contribution in [2.45, 2.75) is 5.75 Å². The van der Waals surface area contributed by atoms with E-state index in [1.54, 1.807) is 31.0 Å². The minimum absolute atomic E-state index is 0.334. The molecule has 3 nitrogen and oxygen atoms in total. The lowest BCUT2D eigenvalue weighted by Crippen LogP contribution is -1.96. The first-order valence-electron chi connectivity index (χ1n) is 4.63. The second-order valence-electron chi connectivity index (χ2n) is 3.05. The average Bonchev–Trinajstić information content (AvgIpc) is 2.25. The zero-order valence-corrected chi connectivity index (χ0v) is 9.42.